The third-order valence-corrected chi connectivity index (χ3v) is 1.88. The summed E-state index contributed by atoms with van der Waals surface area (Å²) in [6.07, 6.45) is -0.224. The lowest BCUT2D eigenvalue weighted by molar-refractivity contribution is -0.153. The van der Waals surface area contributed by atoms with Crippen molar-refractivity contribution in [1.29, 1.82) is 0 Å². The average Bonchev–Trinajstić information content (AvgIpc) is 2.23. The Balaban J connectivity index is 3.52. The third kappa shape index (κ3) is 12.6. The van der Waals surface area contributed by atoms with Crippen LogP contribution in [0.1, 0.15) is 33.6 Å². The smallest absolute Gasteiger partial charge is 0.320 e. The molecule has 0 saturated heterocycles. The Kier molecular flexibility index (Phi) is 7.74. The normalized spacial score (nSPS) is 10.9. The second-order valence-electron chi connectivity index (χ2n) is 5.01. The van der Waals surface area contributed by atoms with Gasteiger partial charge in [0.25, 0.3) is 0 Å². The molecule has 0 unspecified atom stereocenters. The molecule has 0 spiro atoms. The number of carbonyl (C=O) groups excluding carboxylic acids is 2. The van der Waals surface area contributed by atoms with E-state index in [0.29, 0.717) is 13.1 Å². The largest absolute Gasteiger partial charge is 0.481 e. The average molecular weight is 274 g/mol. The minimum absolute atomic E-state index is 0.0403. The Hall–Kier alpha value is -1.63. The molecule has 0 rings (SSSR count). The predicted octanol–water partition coefficient (Wildman–Crippen LogP) is -0.101. The maximum atomic E-state index is 11.3. The van der Waals surface area contributed by atoms with Crippen LogP contribution in [0.5, 0.6) is 0 Å². The number of carboxylic acids is 1. The Morgan fingerprint density at radius 3 is 2.26 bits per heavy atom. The van der Waals surface area contributed by atoms with E-state index in [1.54, 1.807) is 20.8 Å². The van der Waals surface area contributed by atoms with Gasteiger partial charge in [-0.2, -0.15) is 0 Å². The summed E-state index contributed by atoms with van der Waals surface area (Å²) in [5, 5.41) is 13.7. The maximum Gasteiger partial charge on any atom is 0.320 e. The third-order valence-electron chi connectivity index (χ3n) is 1.88. The monoisotopic (exact) mass is 274 g/mol. The van der Waals surface area contributed by atoms with Gasteiger partial charge in [0, 0.05) is 19.5 Å². The van der Waals surface area contributed by atoms with E-state index in [0.717, 1.165) is 0 Å². The van der Waals surface area contributed by atoms with Crippen molar-refractivity contribution in [3.63, 3.8) is 0 Å². The van der Waals surface area contributed by atoms with Crippen LogP contribution >= 0.6 is 0 Å². The molecule has 110 valence electrons. The van der Waals surface area contributed by atoms with Crippen molar-refractivity contribution in [2.45, 2.75) is 39.2 Å². The molecule has 0 heterocycles. The first-order chi connectivity index (χ1) is 8.70. The number of hydrogen-bond acceptors (Lipinski definition) is 5. The van der Waals surface area contributed by atoms with E-state index in [9.17, 15) is 14.4 Å². The van der Waals surface area contributed by atoms with Crippen LogP contribution in [0.25, 0.3) is 0 Å². The maximum absolute atomic E-state index is 11.3. The lowest BCUT2D eigenvalue weighted by Crippen LogP contribution is -2.36. The molecular weight excluding hydrogens is 252 g/mol. The standard InChI is InChI=1S/C12H22N2O5/c1-12(2,3)19-11(18)8-13-6-7-14-9(15)4-5-10(16)17/h13H,4-8H2,1-3H3,(H,14,15)(H,16,17). The van der Waals surface area contributed by atoms with Crippen LogP contribution in [0.3, 0.4) is 0 Å². The van der Waals surface area contributed by atoms with Crippen LogP contribution in [0.15, 0.2) is 0 Å². The quantitative estimate of drug-likeness (QED) is 0.421. The van der Waals surface area contributed by atoms with Crippen molar-refractivity contribution in [2.24, 2.45) is 0 Å². The van der Waals surface area contributed by atoms with Crippen LogP contribution in [-0.4, -0.2) is 48.2 Å². The minimum atomic E-state index is -1.00. The summed E-state index contributed by atoms with van der Waals surface area (Å²) in [6, 6.07) is 0. The van der Waals surface area contributed by atoms with E-state index < -0.39 is 11.6 Å². The summed E-state index contributed by atoms with van der Waals surface area (Å²) in [7, 11) is 0. The molecule has 7 heteroatoms. The van der Waals surface area contributed by atoms with Gasteiger partial charge in [-0.25, -0.2) is 0 Å². The molecule has 0 aromatic carbocycles. The molecule has 1 amide bonds. The summed E-state index contributed by atoms with van der Waals surface area (Å²) in [4.78, 5) is 32.7. The number of nitrogens with one attached hydrogen (secondary N) is 2. The lowest BCUT2D eigenvalue weighted by atomic mass is 10.2. The molecule has 0 aromatic heterocycles. The zero-order valence-corrected chi connectivity index (χ0v) is 11.6. The van der Waals surface area contributed by atoms with E-state index in [2.05, 4.69) is 10.6 Å². The highest BCUT2D eigenvalue weighted by atomic mass is 16.6. The first-order valence-electron chi connectivity index (χ1n) is 6.12. The van der Waals surface area contributed by atoms with Crippen molar-refractivity contribution < 1.29 is 24.2 Å². The van der Waals surface area contributed by atoms with Crippen molar-refractivity contribution >= 4 is 17.8 Å². The van der Waals surface area contributed by atoms with Gasteiger partial charge < -0.3 is 20.5 Å². The number of hydrogen-bond donors (Lipinski definition) is 3. The van der Waals surface area contributed by atoms with Gasteiger partial charge in [-0.15, -0.1) is 0 Å². The Bertz CT molecular complexity index is 323. The number of carbonyl (C=O) groups is 3. The Morgan fingerprint density at radius 2 is 1.74 bits per heavy atom. The van der Waals surface area contributed by atoms with Gasteiger partial charge in [0.2, 0.25) is 5.91 Å². The van der Waals surface area contributed by atoms with E-state index in [1.807, 2.05) is 0 Å². The fourth-order valence-corrected chi connectivity index (χ4v) is 1.17. The molecule has 0 aromatic rings. The first-order valence-corrected chi connectivity index (χ1v) is 6.12. The van der Waals surface area contributed by atoms with Gasteiger partial charge in [-0.1, -0.05) is 0 Å². The van der Waals surface area contributed by atoms with Crippen molar-refractivity contribution in [3.05, 3.63) is 0 Å². The van der Waals surface area contributed by atoms with E-state index in [1.165, 1.54) is 0 Å². The predicted molar refractivity (Wildman–Crippen MR) is 68.6 cm³/mol. The molecule has 0 aliphatic rings. The highest BCUT2D eigenvalue weighted by molar-refractivity contribution is 5.80. The second kappa shape index (κ2) is 8.47. The topological polar surface area (TPSA) is 105 Å². The molecule has 19 heavy (non-hydrogen) atoms. The van der Waals surface area contributed by atoms with Gasteiger partial charge in [-0.3, -0.25) is 14.4 Å². The number of amides is 1. The van der Waals surface area contributed by atoms with E-state index in [4.69, 9.17) is 9.84 Å². The highest BCUT2D eigenvalue weighted by Crippen LogP contribution is 2.05. The summed E-state index contributed by atoms with van der Waals surface area (Å²) >= 11 is 0. The SMILES string of the molecule is CC(C)(C)OC(=O)CNCCNC(=O)CCC(=O)O. The number of carboxylic acid groups (broad SMARTS) is 1. The highest BCUT2D eigenvalue weighted by Gasteiger charge is 2.15. The van der Waals surface area contributed by atoms with Crippen molar-refractivity contribution in [1.82, 2.24) is 10.6 Å². The molecule has 7 nitrogen and oxygen atoms in total. The van der Waals surface area contributed by atoms with Crippen molar-refractivity contribution in [2.75, 3.05) is 19.6 Å². The molecule has 0 saturated carbocycles. The fraction of sp³-hybridized carbons (Fsp3) is 0.750. The molecule has 0 radical (unpaired) electrons. The Labute approximate surface area is 112 Å². The second-order valence-corrected chi connectivity index (χ2v) is 5.01. The Morgan fingerprint density at radius 1 is 1.11 bits per heavy atom. The van der Waals surface area contributed by atoms with Crippen LogP contribution in [0, 0.1) is 0 Å². The zero-order valence-electron chi connectivity index (χ0n) is 11.6. The summed E-state index contributed by atoms with van der Waals surface area (Å²) < 4.78 is 5.08. The number of aliphatic carboxylic acids is 1. The summed E-state index contributed by atoms with van der Waals surface area (Å²) in [5.41, 5.74) is -0.510. The van der Waals surface area contributed by atoms with Crippen molar-refractivity contribution in [3.8, 4) is 0 Å². The number of ether oxygens (including phenoxy) is 1. The first kappa shape index (κ1) is 17.4. The summed E-state index contributed by atoms with van der Waals surface area (Å²) in [5.74, 6) is -1.68. The molecule has 0 atom stereocenters. The van der Waals surface area contributed by atoms with Gasteiger partial charge in [0.15, 0.2) is 0 Å². The molecule has 0 aliphatic heterocycles. The van der Waals surface area contributed by atoms with Gasteiger partial charge in [-0.05, 0) is 20.8 Å². The van der Waals surface area contributed by atoms with Crippen LogP contribution in [0.4, 0.5) is 0 Å². The van der Waals surface area contributed by atoms with E-state index in [-0.39, 0.29) is 31.3 Å². The molecule has 0 fully saturated rings. The van der Waals surface area contributed by atoms with Gasteiger partial charge in [0.05, 0.1) is 13.0 Å². The molecule has 3 N–H and O–H groups in total. The molecule has 0 bridgehead atoms. The lowest BCUT2D eigenvalue weighted by Gasteiger charge is -2.19. The molecule has 0 aliphatic carbocycles. The number of esters is 1. The molecular formula is C12H22N2O5. The van der Waals surface area contributed by atoms with Gasteiger partial charge in [0.1, 0.15) is 5.60 Å². The van der Waals surface area contributed by atoms with E-state index >= 15 is 0 Å². The van der Waals surface area contributed by atoms with Crippen LogP contribution in [-0.2, 0) is 19.1 Å². The van der Waals surface area contributed by atoms with Gasteiger partial charge >= 0.3 is 11.9 Å². The summed E-state index contributed by atoms with van der Waals surface area (Å²) in [6.45, 7) is 6.18. The fourth-order valence-electron chi connectivity index (χ4n) is 1.17. The minimum Gasteiger partial charge on any atom is -0.481 e. The van der Waals surface area contributed by atoms with Crippen LogP contribution < -0.4 is 10.6 Å². The van der Waals surface area contributed by atoms with Crippen LogP contribution in [0.2, 0.25) is 0 Å². The number of rotatable bonds is 8. The zero-order chi connectivity index (χ0) is 14.9.